The maximum Gasteiger partial charge on any atom is 0.129 e. The number of aldehydes is 2. The Bertz CT molecular complexity index is 299. The Kier molecular flexibility index (Phi) is 6.14. The molecule has 1 unspecified atom stereocenters. The van der Waals surface area contributed by atoms with Crippen molar-refractivity contribution in [2.75, 3.05) is 0 Å². The zero-order chi connectivity index (χ0) is 14.4. The zero-order valence-electron chi connectivity index (χ0n) is 12.1. The Balaban J connectivity index is 0.000000200. The van der Waals surface area contributed by atoms with Crippen LogP contribution in [0.1, 0.15) is 64.7 Å². The summed E-state index contributed by atoms with van der Waals surface area (Å²) >= 11 is 0. The van der Waals surface area contributed by atoms with Gasteiger partial charge in [0.25, 0.3) is 0 Å². The van der Waals surface area contributed by atoms with Crippen molar-refractivity contribution in [1.29, 1.82) is 0 Å². The Hall–Kier alpha value is -0.740. The minimum absolute atomic E-state index is 0.406. The second-order valence-electron chi connectivity index (χ2n) is 6.32. The largest absolute Gasteiger partial charge is 0.313 e. The molecular weight excluding hydrogens is 240 g/mol. The summed E-state index contributed by atoms with van der Waals surface area (Å²) in [5, 5.41) is 0. The quantitative estimate of drug-likeness (QED) is 0.593. The van der Waals surface area contributed by atoms with E-state index < -0.39 is 11.1 Å². The first-order valence-corrected chi connectivity index (χ1v) is 7.44. The highest BCUT2D eigenvalue weighted by Gasteiger charge is 2.44. The van der Waals surface area contributed by atoms with Crippen LogP contribution in [0.2, 0.25) is 0 Å². The lowest BCUT2D eigenvalue weighted by Crippen LogP contribution is -2.63. The predicted octanol–water partition coefficient (Wildman–Crippen LogP) is 2.14. The Morgan fingerprint density at radius 3 is 1.89 bits per heavy atom. The van der Waals surface area contributed by atoms with Crippen molar-refractivity contribution in [1.82, 2.24) is 0 Å². The Labute approximate surface area is 116 Å². The molecule has 4 N–H and O–H groups in total. The van der Waals surface area contributed by atoms with Crippen LogP contribution in [0.25, 0.3) is 0 Å². The lowest BCUT2D eigenvalue weighted by molar-refractivity contribution is -0.120. The molecule has 0 aliphatic heterocycles. The van der Waals surface area contributed by atoms with Gasteiger partial charge >= 0.3 is 0 Å². The van der Waals surface area contributed by atoms with E-state index in [0.29, 0.717) is 5.92 Å². The van der Waals surface area contributed by atoms with Crippen LogP contribution in [0, 0.1) is 11.3 Å². The highest BCUT2D eigenvalue weighted by molar-refractivity contribution is 5.61. The van der Waals surface area contributed by atoms with Gasteiger partial charge in [-0.1, -0.05) is 32.1 Å². The van der Waals surface area contributed by atoms with Gasteiger partial charge in [-0.15, -0.1) is 0 Å². The molecule has 0 bridgehead atoms. The third kappa shape index (κ3) is 4.39. The summed E-state index contributed by atoms with van der Waals surface area (Å²) in [6.07, 6.45) is 11.9. The number of hydrogen-bond acceptors (Lipinski definition) is 4. The van der Waals surface area contributed by atoms with Gasteiger partial charge in [0.05, 0.1) is 11.1 Å². The normalized spacial score (nSPS) is 30.9. The summed E-state index contributed by atoms with van der Waals surface area (Å²) in [6.45, 7) is 1.85. The van der Waals surface area contributed by atoms with E-state index in [9.17, 15) is 9.59 Å². The molecule has 0 radical (unpaired) electrons. The molecule has 2 rings (SSSR count). The van der Waals surface area contributed by atoms with Crippen molar-refractivity contribution < 1.29 is 9.59 Å². The standard InChI is InChI=1S/C8H16N2O.C7H12O/c1-7(6-11)4-2-3-5-8(7,9)10;8-6-7-4-2-1-3-5-7/h6H,2-5,9-10H2,1H3;6-7H,1-5H2. The fraction of sp³-hybridized carbons (Fsp3) is 0.867. The number of carbonyl (C=O) groups is 2. The van der Waals surface area contributed by atoms with Crippen molar-refractivity contribution in [2.24, 2.45) is 22.8 Å². The molecule has 0 aromatic carbocycles. The van der Waals surface area contributed by atoms with E-state index in [4.69, 9.17) is 11.5 Å². The van der Waals surface area contributed by atoms with Crippen molar-refractivity contribution in [3.05, 3.63) is 0 Å². The summed E-state index contributed by atoms with van der Waals surface area (Å²) < 4.78 is 0. The Morgan fingerprint density at radius 2 is 1.53 bits per heavy atom. The van der Waals surface area contributed by atoms with Crippen LogP contribution in [-0.2, 0) is 9.59 Å². The van der Waals surface area contributed by atoms with Gasteiger partial charge < -0.3 is 21.1 Å². The van der Waals surface area contributed by atoms with Gasteiger partial charge in [0.2, 0.25) is 0 Å². The third-order valence-electron chi connectivity index (χ3n) is 4.70. The summed E-state index contributed by atoms with van der Waals surface area (Å²) in [6, 6.07) is 0. The van der Waals surface area contributed by atoms with E-state index in [2.05, 4.69) is 0 Å². The van der Waals surface area contributed by atoms with Gasteiger partial charge in [-0.2, -0.15) is 0 Å². The molecule has 2 saturated carbocycles. The summed E-state index contributed by atoms with van der Waals surface area (Å²) in [5.74, 6) is 0.406. The predicted molar refractivity (Wildman–Crippen MR) is 76.4 cm³/mol. The summed E-state index contributed by atoms with van der Waals surface area (Å²) in [7, 11) is 0. The lowest BCUT2D eigenvalue weighted by Gasteiger charge is -2.43. The highest BCUT2D eigenvalue weighted by atomic mass is 16.1. The monoisotopic (exact) mass is 268 g/mol. The molecule has 0 aromatic rings. The van der Waals surface area contributed by atoms with Gasteiger partial charge in [-0.3, -0.25) is 0 Å². The molecular formula is C15H28N2O2. The van der Waals surface area contributed by atoms with Crippen LogP contribution in [0.4, 0.5) is 0 Å². The van der Waals surface area contributed by atoms with Crippen LogP contribution in [0.3, 0.4) is 0 Å². The third-order valence-corrected chi connectivity index (χ3v) is 4.70. The van der Waals surface area contributed by atoms with Crippen LogP contribution in [0.15, 0.2) is 0 Å². The zero-order valence-corrected chi connectivity index (χ0v) is 12.1. The van der Waals surface area contributed by atoms with E-state index in [1.165, 1.54) is 19.3 Å². The number of rotatable bonds is 2. The highest BCUT2D eigenvalue weighted by Crippen LogP contribution is 2.37. The fourth-order valence-corrected chi connectivity index (χ4v) is 2.87. The fourth-order valence-electron chi connectivity index (χ4n) is 2.87. The molecule has 0 spiro atoms. The van der Waals surface area contributed by atoms with Crippen molar-refractivity contribution in [2.45, 2.75) is 70.4 Å². The molecule has 4 heteroatoms. The molecule has 1 atom stereocenters. The average Bonchev–Trinajstić information content (AvgIpc) is 2.44. The van der Waals surface area contributed by atoms with E-state index >= 15 is 0 Å². The first-order chi connectivity index (χ1) is 8.95. The molecule has 0 aromatic heterocycles. The van der Waals surface area contributed by atoms with E-state index in [1.54, 1.807) is 0 Å². The van der Waals surface area contributed by atoms with E-state index in [-0.39, 0.29) is 0 Å². The van der Waals surface area contributed by atoms with Gasteiger partial charge in [0, 0.05) is 5.92 Å². The summed E-state index contributed by atoms with van der Waals surface area (Å²) in [4.78, 5) is 20.9. The smallest absolute Gasteiger partial charge is 0.129 e. The van der Waals surface area contributed by atoms with Crippen LogP contribution in [-0.4, -0.2) is 18.2 Å². The lowest BCUT2D eigenvalue weighted by atomic mass is 9.69. The number of nitrogens with two attached hydrogens (primary N) is 2. The maximum atomic E-state index is 10.7. The van der Waals surface area contributed by atoms with Crippen LogP contribution >= 0.6 is 0 Å². The molecule has 2 aliphatic carbocycles. The molecule has 4 nitrogen and oxygen atoms in total. The van der Waals surface area contributed by atoms with Gasteiger partial charge in [0.15, 0.2) is 0 Å². The molecule has 0 saturated heterocycles. The van der Waals surface area contributed by atoms with Crippen molar-refractivity contribution in [3.8, 4) is 0 Å². The van der Waals surface area contributed by atoms with Gasteiger partial charge in [-0.05, 0) is 32.6 Å². The maximum absolute atomic E-state index is 10.7. The Morgan fingerprint density at radius 1 is 0.947 bits per heavy atom. The molecule has 0 heterocycles. The van der Waals surface area contributed by atoms with Crippen LogP contribution in [0.5, 0.6) is 0 Å². The van der Waals surface area contributed by atoms with Gasteiger partial charge in [0.1, 0.15) is 12.6 Å². The topological polar surface area (TPSA) is 86.2 Å². The number of carbonyl (C=O) groups excluding carboxylic acids is 2. The second-order valence-corrected chi connectivity index (χ2v) is 6.32. The van der Waals surface area contributed by atoms with Crippen molar-refractivity contribution >= 4 is 12.6 Å². The van der Waals surface area contributed by atoms with Gasteiger partial charge in [-0.25, -0.2) is 0 Å². The molecule has 2 fully saturated rings. The number of hydrogen-bond donors (Lipinski definition) is 2. The first-order valence-electron chi connectivity index (χ1n) is 7.44. The molecule has 19 heavy (non-hydrogen) atoms. The minimum atomic E-state index is -0.785. The molecule has 110 valence electrons. The molecule has 0 amide bonds. The second kappa shape index (κ2) is 7.15. The van der Waals surface area contributed by atoms with E-state index in [0.717, 1.165) is 51.1 Å². The molecule has 2 aliphatic rings. The van der Waals surface area contributed by atoms with Crippen molar-refractivity contribution in [3.63, 3.8) is 0 Å². The first kappa shape index (κ1) is 16.3. The van der Waals surface area contributed by atoms with Crippen LogP contribution < -0.4 is 11.5 Å². The summed E-state index contributed by atoms with van der Waals surface area (Å²) in [5.41, 5.74) is 10.3. The van der Waals surface area contributed by atoms with E-state index in [1.807, 2.05) is 6.92 Å². The minimum Gasteiger partial charge on any atom is -0.313 e. The SMILES string of the molecule is CC1(C=O)CCCCC1(N)N.O=CC1CCCCC1. The average molecular weight is 268 g/mol.